The molecule has 0 atom stereocenters. The van der Waals surface area contributed by atoms with Crippen molar-refractivity contribution < 1.29 is 13.2 Å². The number of anilines is 1. The lowest BCUT2D eigenvalue weighted by Crippen LogP contribution is -2.34. The molecular formula is C13H18N2O3S. The Bertz CT molecular complexity index is 546. The summed E-state index contributed by atoms with van der Waals surface area (Å²) in [4.78, 5) is 12.2. The van der Waals surface area contributed by atoms with Crippen LogP contribution in [0.4, 0.5) is 5.69 Å². The molecule has 1 saturated heterocycles. The Morgan fingerprint density at radius 1 is 1.21 bits per heavy atom. The predicted octanol–water partition coefficient (Wildman–Crippen LogP) is 1.03. The molecule has 2 N–H and O–H groups in total. The molecule has 1 heterocycles. The van der Waals surface area contributed by atoms with Crippen LogP contribution in [0, 0.1) is 5.92 Å². The molecule has 0 spiro atoms. The van der Waals surface area contributed by atoms with Gasteiger partial charge in [0.25, 0.3) is 0 Å². The molecule has 5 nitrogen and oxygen atoms in total. The van der Waals surface area contributed by atoms with E-state index in [4.69, 9.17) is 0 Å². The fraction of sp³-hybridized carbons (Fsp3) is 0.462. The third kappa shape index (κ3) is 3.78. The molecular weight excluding hydrogens is 264 g/mol. The first-order chi connectivity index (χ1) is 8.97. The second-order valence-corrected chi connectivity index (χ2v) is 6.83. The van der Waals surface area contributed by atoms with Crippen LogP contribution in [0.2, 0.25) is 0 Å². The number of nitrogens with one attached hydrogen (secondary N) is 2. The summed E-state index contributed by atoms with van der Waals surface area (Å²) in [5.41, 5.74) is 0.635. The van der Waals surface area contributed by atoms with Crippen molar-refractivity contribution in [1.29, 1.82) is 0 Å². The highest BCUT2D eigenvalue weighted by atomic mass is 32.2. The Morgan fingerprint density at radius 2 is 1.79 bits per heavy atom. The highest BCUT2D eigenvalue weighted by Gasteiger charge is 2.20. The van der Waals surface area contributed by atoms with Crippen molar-refractivity contribution in [3.05, 3.63) is 24.3 Å². The van der Waals surface area contributed by atoms with Crippen LogP contribution in [0.1, 0.15) is 12.8 Å². The molecule has 0 bridgehead atoms. The number of amides is 1. The van der Waals surface area contributed by atoms with E-state index < -0.39 is 9.84 Å². The fourth-order valence-electron chi connectivity index (χ4n) is 2.11. The molecule has 6 heteroatoms. The molecule has 1 aliphatic rings. The third-order valence-corrected chi connectivity index (χ3v) is 4.39. The van der Waals surface area contributed by atoms with Crippen LogP contribution in [-0.2, 0) is 14.6 Å². The van der Waals surface area contributed by atoms with Crippen molar-refractivity contribution >= 4 is 21.4 Å². The summed E-state index contributed by atoms with van der Waals surface area (Å²) in [7, 11) is -3.19. The van der Waals surface area contributed by atoms with E-state index in [1.54, 1.807) is 12.1 Å². The summed E-state index contributed by atoms with van der Waals surface area (Å²) in [5.74, 6) is 0.0458. The smallest absolute Gasteiger partial charge is 0.227 e. The molecule has 1 aliphatic heterocycles. The summed E-state index contributed by atoms with van der Waals surface area (Å²) in [5, 5.41) is 6.04. The topological polar surface area (TPSA) is 75.3 Å². The molecule has 1 aromatic rings. The molecule has 104 valence electrons. The first kappa shape index (κ1) is 14.0. The largest absolute Gasteiger partial charge is 0.326 e. The number of benzene rings is 1. The molecule has 2 rings (SSSR count). The van der Waals surface area contributed by atoms with Gasteiger partial charge in [0.15, 0.2) is 9.84 Å². The van der Waals surface area contributed by atoms with E-state index in [-0.39, 0.29) is 16.7 Å². The van der Waals surface area contributed by atoms with Gasteiger partial charge in [-0.05, 0) is 50.2 Å². The van der Waals surface area contributed by atoms with Gasteiger partial charge in [-0.15, -0.1) is 0 Å². The van der Waals surface area contributed by atoms with E-state index in [9.17, 15) is 13.2 Å². The Labute approximate surface area is 113 Å². The quantitative estimate of drug-likeness (QED) is 0.868. The summed E-state index contributed by atoms with van der Waals surface area (Å²) >= 11 is 0. The number of hydrogen-bond donors (Lipinski definition) is 2. The zero-order chi connectivity index (χ0) is 13.9. The second-order valence-electron chi connectivity index (χ2n) is 4.81. The monoisotopic (exact) mass is 282 g/mol. The van der Waals surface area contributed by atoms with Gasteiger partial charge in [0, 0.05) is 17.9 Å². The molecule has 0 unspecified atom stereocenters. The highest BCUT2D eigenvalue weighted by Crippen LogP contribution is 2.17. The summed E-state index contributed by atoms with van der Waals surface area (Å²) in [6.45, 7) is 1.73. The Morgan fingerprint density at radius 3 is 2.32 bits per heavy atom. The number of carbonyl (C=O) groups excluding carboxylic acids is 1. The lowest BCUT2D eigenvalue weighted by atomic mass is 9.97. The molecule has 0 aromatic heterocycles. The molecule has 1 amide bonds. The fourth-order valence-corrected chi connectivity index (χ4v) is 2.74. The first-order valence-corrected chi connectivity index (χ1v) is 8.17. The van der Waals surface area contributed by atoms with E-state index in [1.807, 2.05) is 0 Å². The minimum absolute atomic E-state index is 0.00797. The molecule has 1 aromatic carbocycles. The van der Waals surface area contributed by atoms with Crippen LogP contribution in [0.15, 0.2) is 29.2 Å². The van der Waals surface area contributed by atoms with Gasteiger partial charge in [0.2, 0.25) is 5.91 Å². The van der Waals surface area contributed by atoms with E-state index in [1.165, 1.54) is 12.1 Å². The molecule has 1 fully saturated rings. The zero-order valence-electron chi connectivity index (χ0n) is 10.8. The first-order valence-electron chi connectivity index (χ1n) is 6.28. The standard InChI is InChI=1S/C13H18N2O3S/c1-19(17,18)12-4-2-11(3-5-12)15-13(16)10-6-8-14-9-7-10/h2-5,10,14H,6-9H2,1H3,(H,15,16). The number of hydrogen-bond acceptors (Lipinski definition) is 4. The normalized spacial score (nSPS) is 17.1. The summed E-state index contributed by atoms with van der Waals surface area (Å²) in [6, 6.07) is 6.26. The van der Waals surface area contributed by atoms with Gasteiger partial charge < -0.3 is 10.6 Å². The average molecular weight is 282 g/mol. The minimum Gasteiger partial charge on any atom is -0.326 e. The molecule has 0 saturated carbocycles. The van der Waals surface area contributed by atoms with Crippen molar-refractivity contribution in [3.8, 4) is 0 Å². The van der Waals surface area contributed by atoms with Crippen molar-refractivity contribution in [2.24, 2.45) is 5.92 Å². The van der Waals surface area contributed by atoms with E-state index in [0.717, 1.165) is 32.2 Å². The summed E-state index contributed by atoms with van der Waals surface area (Å²) < 4.78 is 22.6. The van der Waals surface area contributed by atoms with E-state index in [0.29, 0.717) is 5.69 Å². The summed E-state index contributed by atoms with van der Waals surface area (Å²) in [6.07, 6.45) is 2.84. The SMILES string of the molecule is CS(=O)(=O)c1ccc(NC(=O)C2CCNCC2)cc1. The number of rotatable bonds is 3. The van der Waals surface area contributed by atoms with Crippen LogP contribution in [-0.4, -0.2) is 33.7 Å². The van der Waals surface area contributed by atoms with Crippen LogP contribution >= 0.6 is 0 Å². The second kappa shape index (κ2) is 5.71. The molecule has 19 heavy (non-hydrogen) atoms. The Hall–Kier alpha value is -1.40. The van der Waals surface area contributed by atoms with Gasteiger partial charge in [-0.3, -0.25) is 4.79 Å². The maximum absolute atomic E-state index is 12.0. The van der Waals surface area contributed by atoms with E-state index in [2.05, 4.69) is 10.6 Å². The number of sulfone groups is 1. The maximum atomic E-state index is 12.0. The molecule has 0 radical (unpaired) electrons. The van der Waals surface area contributed by atoms with Crippen molar-refractivity contribution in [3.63, 3.8) is 0 Å². The highest BCUT2D eigenvalue weighted by molar-refractivity contribution is 7.90. The van der Waals surface area contributed by atoms with Crippen LogP contribution in [0.5, 0.6) is 0 Å². The van der Waals surface area contributed by atoms with Crippen molar-refractivity contribution in [2.45, 2.75) is 17.7 Å². The van der Waals surface area contributed by atoms with Gasteiger partial charge >= 0.3 is 0 Å². The van der Waals surface area contributed by atoms with Crippen molar-refractivity contribution in [1.82, 2.24) is 5.32 Å². The Kier molecular flexibility index (Phi) is 4.21. The number of carbonyl (C=O) groups is 1. The van der Waals surface area contributed by atoms with Gasteiger partial charge in [0.05, 0.1) is 4.90 Å². The van der Waals surface area contributed by atoms with Crippen LogP contribution < -0.4 is 10.6 Å². The zero-order valence-corrected chi connectivity index (χ0v) is 11.7. The lowest BCUT2D eigenvalue weighted by Gasteiger charge is -2.21. The average Bonchev–Trinajstić information content (AvgIpc) is 2.39. The van der Waals surface area contributed by atoms with Crippen LogP contribution in [0.3, 0.4) is 0 Å². The predicted molar refractivity (Wildman–Crippen MR) is 73.8 cm³/mol. The van der Waals surface area contributed by atoms with Gasteiger partial charge in [-0.1, -0.05) is 0 Å². The van der Waals surface area contributed by atoms with Crippen LogP contribution in [0.25, 0.3) is 0 Å². The van der Waals surface area contributed by atoms with Gasteiger partial charge in [-0.2, -0.15) is 0 Å². The Balaban J connectivity index is 2.01. The van der Waals surface area contributed by atoms with Gasteiger partial charge in [-0.25, -0.2) is 8.42 Å². The molecule has 0 aliphatic carbocycles. The lowest BCUT2D eigenvalue weighted by molar-refractivity contribution is -0.120. The van der Waals surface area contributed by atoms with Crippen molar-refractivity contribution in [2.75, 3.05) is 24.7 Å². The number of piperidine rings is 1. The third-order valence-electron chi connectivity index (χ3n) is 3.26. The maximum Gasteiger partial charge on any atom is 0.227 e. The minimum atomic E-state index is -3.19. The van der Waals surface area contributed by atoms with Gasteiger partial charge in [0.1, 0.15) is 0 Å². The van der Waals surface area contributed by atoms with E-state index >= 15 is 0 Å².